The van der Waals surface area contributed by atoms with Gasteiger partial charge in [0, 0.05) is 40.5 Å². The van der Waals surface area contributed by atoms with Crippen molar-refractivity contribution in [3.63, 3.8) is 0 Å². The zero-order valence-corrected chi connectivity index (χ0v) is 11.5. The van der Waals surface area contributed by atoms with E-state index in [4.69, 9.17) is 15.3 Å². The Morgan fingerprint density at radius 3 is 3.06 bits per heavy atom. The lowest BCUT2D eigenvalue weighted by Gasteiger charge is -2.28. The molecule has 106 valence electrons. The number of nitrogens with two attached hydrogens (primary N) is 1. The summed E-state index contributed by atoms with van der Waals surface area (Å²) in [5.41, 5.74) is 2.66. The van der Waals surface area contributed by atoms with Crippen molar-refractivity contribution in [3.05, 3.63) is 0 Å². The number of hydrazine groups is 1. The van der Waals surface area contributed by atoms with Gasteiger partial charge in [-0.25, -0.2) is 5.84 Å². The molecule has 1 unspecified atom stereocenters. The van der Waals surface area contributed by atoms with Crippen LogP contribution >= 0.6 is 0 Å². The third kappa shape index (κ3) is 5.66. The number of nitrogens with one attached hydrogen (secondary N) is 1. The van der Waals surface area contributed by atoms with E-state index in [0.29, 0.717) is 5.92 Å². The number of rotatable bonds is 6. The van der Waals surface area contributed by atoms with Crippen LogP contribution in [0, 0.1) is 5.92 Å². The molecule has 1 aliphatic heterocycles. The van der Waals surface area contributed by atoms with Gasteiger partial charge in [-0.05, 0) is 25.2 Å². The first kappa shape index (κ1) is 15.2. The van der Waals surface area contributed by atoms with Gasteiger partial charge < -0.3 is 14.4 Å². The van der Waals surface area contributed by atoms with E-state index < -0.39 is 0 Å². The third-order valence-electron chi connectivity index (χ3n) is 3.05. The average molecular weight is 258 g/mol. The first-order valence-electron chi connectivity index (χ1n) is 6.56. The molecule has 1 heterocycles. The lowest BCUT2D eigenvalue weighted by molar-refractivity contribution is 0.0482. The van der Waals surface area contributed by atoms with Crippen LogP contribution in [-0.2, 0) is 9.47 Å². The van der Waals surface area contributed by atoms with Crippen molar-refractivity contribution in [2.75, 3.05) is 47.1 Å². The van der Waals surface area contributed by atoms with Crippen LogP contribution in [0.3, 0.4) is 0 Å². The van der Waals surface area contributed by atoms with E-state index in [9.17, 15) is 0 Å². The molecule has 6 heteroatoms. The molecule has 0 amide bonds. The highest BCUT2D eigenvalue weighted by Crippen LogP contribution is 2.14. The van der Waals surface area contributed by atoms with Crippen molar-refractivity contribution in [1.82, 2.24) is 10.3 Å². The number of guanidine groups is 1. The average Bonchev–Trinajstić information content (AvgIpc) is 2.40. The summed E-state index contributed by atoms with van der Waals surface area (Å²) in [5, 5.41) is 0. The number of ether oxygens (including phenoxy) is 2. The van der Waals surface area contributed by atoms with E-state index in [2.05, 4.69) is 15.3 Å². The van der Waals surface area contributed by atoms with Gasteiger partial charge in [-0.1, -0.05) is 0 Å². The smallest absolute Gasteiger partial charge is 0.208 e. The number of methoxy groups -OCH3 is 1. The Labute approximate surface area is 109 Å². The minimum Gasteiger partial charge on any atom is -0.385 e. The first-order chi connectivity index (χ1) is 8.77. The summed E-state index contributed by atoms with van der Waals surface area (Å²) in [6.07, 6.45) is 3.27. The predicted octanol–water partition coefficient (Wildman–Crippen LogP) is 0.201. The molecule has 0 aromatic rings. The normalized spacial score (nSPS) is 20.8. The molecule has 0 aromatic carbocycles. The monoisotopic (exact) mass is 258 g/mol. The van der Waals surface area contributed by atoms with Crippen molar-refractivity contribution < 1.29 is 9.47 Å². The summed E-state index contributed by atoms with van der Waals surface area (Å²) < 4.78 is 10.5. The minimum absolute atomic E-state index is 0.571. The van der Waals surface area contributed by atoms with E-state index in [-0.39, 0.29) is 0 Å². The molecule has 18 heavy (non-hydrogen) atoms. The fourth-order valence-electron chi connectivity index (χ4n) is 2.10. The highest BCUT2D eigenvalue weighted by atomic mass is 16.5. The number of hydrogen-bond acceptors (Lipinski definition) is 4. The quantitative estimate of drug-likeness (QED) is 0.234. The SMILES string of the molecule is COCCCN=C(NN)N(C)CC1CCCOC1. The molecule has 1 rings (SSSR count). The Balaban J connectivity index is 2.32. The maximum Gasteiger partial charge on any atom is 0.208 e. The second kappa shape index (κ2) is 9.13. The van der Waals surface area contributed by atoms with Crippen molar-refractivity contribution in [3.8, 4) is 0 Å². The van der Waals surface area contributed by atoms with Crippen LogP contribution in [0.25, 0.3) is 0 Å². The highest BCUT2D eigenvalue weighted by Gasteiger charge is 2.17. The molecule has 0 saturated carbocycles. The summed E-state index contributed by atoms with van der Waals surface area (Å²) in [7, 11) is 3.70. The van der Waals surface area contributed by atoms with Gasteiger partial charge in [0.15, 0.2) is 0 Å². The Morgan fingerprint density at radius 2 is 2.44 bits per heavy atom. The molecule has 1 aliphatic rings. The Morgan fingerprint density at radius 1 is 1.61 bits per heavy atom. The molecular formula is C12H26N4O2. The van der Waals surface area contributed by atoms with Crippen LogP contribution in [0.4, 0.5) is 0 Å². The second-order valence-electron chi connectivity index (χ2n) is 4.66. The Bertz CT molecular complexity index is 242. The van der Waals surface area contributed by atoms with Gasteiger partial charge in [0.2, 0.25) is 5.96 Å². The molecule has 6 nitrogen and oxygen atoms in total. The predicted molar refractivity (Wildman–Crippen MR) is 72.3 cm³/mol. The van der Waals surface area contributed by atoms with E-state index in [1.165, 1.54) is 6.42 Å². The standard InChI is InChI=1S/C12H26N4O2/c1-16(9-11-5-3-8-18-10-11)12(15-13)14-6-4-7-17-2/h11H,3-10,13H2,1-2H3,(H,14,15). The lowest BCUT2D eigenvalue weighted by Crippen LogP contribution is -2.45. The van der Waals surface area contributed by atoms with Gasteiger partial charge in [-0.3, -0.25) is 10.4 Å². The largest absolute Gasteiger partial charge is 0.385 e. The maximum absolute atomic E-state index is 5.51. The van der Waals surface area contributed by atoms with Gasteiger partial charge >= 0.3 is 0 Å². The maximum atomic E-state index is 5.51. The zero-order chi connectivity index (χ0) is 13.2. The number of hydrogen-bond donors (Lipinski definition) is 2. The highest BCUT2D eigenvalue weighted by molar-refractivity contribution is 5.79. The molecule has 1 fully saturated rings. The van der Waals surface area contributed by atoms with Crippen LogP contribution in [0.1, 0.15) is 19.3 Å². The van der Waals surface area contributed by atoms with Gasteiger partial charge in [-0.2, -0.15) is 0 Å². The lowest BCUT2D eigenvalue weighted by atomic mass is 10.0. The van der Waals surface area contributed by atoms with Gasteiger partial charge in [-0.15, -0.1) is 0 Å². The summed E-state index contributed by atoms with van der Waals surface area (Å²) in [6, 6.07) is 0. The van der Waals surface area contributed by atoms with Crippen molar-refractivity contribution >= 4 is 5.96 Å². The van der Waals surface area contributed by atoms with Crippen LogP contribution < -0.4 is 11.3 Å². The fraction of sp³-hybridized carbons (Fsp3) is 0.917. The summed E-state index contributed by atoms with van der Waals surface area (Å²) in [4.78, 5) is 6.49. The van der Waals surface area contributed by atoms with E-state index in [1.807, 2.05) is 7.05 Å². The van der Waals surface area contributed by atoms with E-state index >= 15 is 0 Å². The molecule has 0 spiro atoms. The fourth-order valence-corrected chi connectivity index (χ4v) is 2.10. The van der Waals surface area contributed by atoms with Gasteiger partial charge in [0.25, 0.3) is 0 Å². The number of nitrogens with zero attached hydrogens (tertiary/aromatic N) is 2. The van der Waals surface area contributed by atoms with Gasteiger partial charge in [0.05, 0.1) is 6.61 Å². The van der Waals surface area contributed by atoms with Crippen LogP contribution in [-0.4, -0.2) is 57.9 Å². The molecule has 0 radical (unpaired) electrons. The van der Waals surface area contributed by atoms with Crippen LogP contribution in [0.2, 0.25) is 0 Å². The van der Waals surface area contributed by atoms with E-state index in [0.717, 1.165) is 51.7 Å². The second-order valence-corrected chi connectivity index (χ2v) is 4.66. The molecule has 0 bridgehead atoms. The summed E-state index contributed by atoms with van der Waals surface area (Å²) in [6.45, 7) is 4.10. The molecule has 0 aromatic heterocycles. The first-order valence-corrected chi connectivity index (χ1v) is 6.56. The number of aliphatic imine (C=N–C) groups is 1. The zero-order valence-electron chi connectivity index (χ0n) is 11.5. The van der Waals surface area contributed by atoms with Gasteiger partial charge in [0.1, 0.15) is 0 Å². The van der Waals surface area contributed by atoms with Crippen LogP contribution in [0.5, 0.6) is 0 Å². The summed E-state index contributed by atoms with van der Waals surface area (Å²) in [5.74, 6) is 6.81. The summed E-state index contributed by atoms with van der Waals surface area (Å²) >= 11 is 0. The molecule has 1 atom stereocenters. The Kier molecular flexibility index (Phi) is 7.71. The van der Waals surface area contributed by atoms with Crippen molar-refractivity contribution in [1.29, 1.82) is 0 Å². The van der Waals surface area contributed by atoms with E-state index in [1.54, 1.807) is 7.11 Å². The molecular weight excluding hydrogens is 232 g/mol. The van der Waals surface area contributed by atoms with Crippen molar-refractivity contribution in [2.45, 2.75) is 19.3 Å². The third-order valence-corrected chi connectivity index (χ3v) is 3.05. The van der Waals surface area contributed by atoms with Crippen molar-refractivity contribution in [2.24, 2.45) is 16.8 Å². The Hall–Kier alpha value is -0.850. The topological polar surface area (TPSA) is 72.1 Å². The molecule has 0 aliphatic carbocycles. The minimum atomic E-state index is 0.571. The molecule has 1 saturated heterocycles. The van der Waals surface area contributed by atoms with Crippen LogP contribution in [0.15, 0.2) is 4.99 Å². The molecule has 3 N–H and O–H groups in total.